The first kappa shape index (κ1) is 10.6. The fraction of sp³-hybridized carbons (Fsp3) is 0.231. The van der Waals surface area contributed by atoms with Gasteiger partial charge in [0.05, 0.1) is 0 Å². The van der Waals surface area contributed by atoms with Gasteiger partial charge in [-0.2, -0.15) is 0 Å². The second kappa shape index (κ2) is 4.66. The van der Waals surface area contributed by atoms with Crippen LogP contribution in [0.2, 0.25) is 0 Å². The summed E-state index contributed by atoms with van der Waals surface area (Å²) in [6.45, 7) is 9.94. The molecule has 0 radical (unpaired) electrons. The zero-order valence-electron chi connectivity index (χ0n) is 9.09. The highest BCUT2D eigenvalue weighted by Gasteiger charge is 1.98. The number of allylic oxidation sites excluding steroid dienone is 1. The molecule has 1 nitrogen and oxygen atoms in total. The third kappa shape index (κ3) is 2.05. The Morgan fingerprint density at radius 2 is 1.79 bits per heavy atom. The quantitative estimate of drug-likeness (QED) is 0.652. The van der Waals surface area contributed by atoms with Crippen molar-refractivity contribution in [2.24, 2.45) is 0 Å². The summed E-state index contributed by atoms with van der Waals surface area (Å²) in [4.78, 5) is 0. The normalized spacial score (nSPS) is 13.1. The maximum Gasteiger partial charge on any atom is 0.0315 e. The highest BCUT2D eigenvalue weighted by Crippen LogP contribution is 1.95. The number of rotatable bonds is 0. The van der Waals surface area contributed by atoms with Crippen LogP contribution >= 0.6 is 0 Å². The van der Waals surface area contributed by atoms with Crippen LogP contribution in [0.5, 0.6) is 0 Å². The molecule has 1 heterocycles. The minimum atomic E-state index is 0.964. The van der Waals surface area contributed by atoms with Gasteiger partial charge in [-0.15, -0.1) is 0 Å². The molecule has 0 unspecified atom stereocenters. The first-order chi connectivity index (χ1) is 6.77. The fourth-order valence-corrected chi connectivity index (χ4v) is 1.50. The Hall–Kier alpha value is -1.50. The SMILES string of the molecule is C=C1C=c2ccccc2=C(C)N1.CC. The largest absolute Gasteiger partial charge is 0.359 e. The Morgan fingerprint density at radius 1 is 1.14 bits per heavy atom. The lowest BCUT2D eigenvalue weighted by atomic mass is 10.1. The van der Waals surface area contributed by atoms with Crippen LogP contribution < -0.4 is 15.8 Å². The van der Waals surface area contributed by atoms with E-state index < -0.39 is 0 Å². The summed E-state index contributed by atoms with van der Waals surface area (Å²) < 4.78 is 0. The van der Waals surface area contributed by atoms with Crippen LogP contribution in [0.15, 0.2) is 36.5 Å². The fourth-order valence-electron chi connectivity index (χ4n) is 1.50. The smallest absolute Gasteiger partial charge is 0.0315 e. The van der Waals surface area contributed by atoms with Crippen molar-refractivity contribution in [2.45, 2.75) is 20.8 Å². The number of fused-ring (bicyclic) bond motifs is 1. The minimum absolute atomic E-state index is 0.964. The van der Waals surface area contributed by atoms with E-state index in [1.54, 1.807) is 0 Å². The monoisotopic (exact) mass is 187 g/mol. The summed E-state index contributed by atoms with van der Waals surface area (Å²) in [6, 6.07) is 8.30. The molecule has 0 fully saturated rings. The average molecular weight is 187 g/mol. The van der Waals surface area contributed by atoms with Crippen LogP contribution in [-0.4, -0.2) is 0 Å². The van der Waals surface area contributed by atoms with Crippen LogP contribution in [0, 0.1) is 0 Å². The van der Waals surface area contributed by atoms with Crippen molar-refractivity contribution < 1.29 is 0 Å². The molecule has 0 saturated carbocycles. The van der Waals surface area contributed by atoms with Crippen molar-refractivity contribution in [2.75, 3.05) is 0 Å². The molecule has 0 atom stereocenters. The summed E-state index contributed by atoms with van der Waals surface area (Å²) >= 11 is 0. The molecule has 1 aromatic carbocycles. The third-order valence-corrected chi connectivity index (χ3v) is 2.04. The van der Waals surface area contributed by atoms with Crippen LogP contribution in [0.25, 0.3) is 11.8 Å². The Balaban J connectivity index is 0.000000461. The van der Waals surface area contributed by atoms with E-state index in [-0.39, 0.29) is 0 Å². The molecule has 0 aliphatic carbocycles. The Bertz CT molecular complexity index is 441. The van der Waals surface area contributed by atoms with Crippen LogP contribution in [0.4, 0.5) is 0 Å². The lowest BCUT2D eigenvalue weighted by Crippen LogP contribution is -2.34. The standard InChI is InChI=1S/C11H11N.C2H6/c1-8-7-10-5-3-4-6-11(10)9(2)12-8;1-2/h3-7,12H,1H2,2H3;1-2H3. The van der Waals surface area contributed by atoms with E-state index in [2.05, 4.69) is 37.0 Å². The topological polar surface area (TPSA) is 12.0 Å². The molecule has 2 rings (SSSR count). The summed E-state index contributed by atoms with van der Waals surface area (Å²) in [5, 5.41) is 5.72. The summed E-state index contributed by atoms with van der Waals surface area (Å²) in [5.41, 5.74) is 2.14. The Morgan fingerprint density at radius 3 is 2.50 bits per heavy atom. The van der Waals surface area contributed by atoms with E-state index in [0.29, 0.717) is 0 Å². The average Bonchev–Trinajstić information content (AvgIpc) is 2.20. The van der Waals surface area contributed by atoms with Gasteiger partial charge in [0.25, 0.3) is 0 Å². The van der Waals surface area contributed by atoms with Crippen molar-refractivity contribution in [3.63, 3.8) is 0 Å². The maximum atomic E-state index is 3.88. The van der Waals surface area contributed by atoms with Gasteiger partial charge in [0.1, 0.15) is 0 Å². The van der Waals surface area contributed by atoms with Crippen LogP contribution in [-0.2, 0) is 0 Å². The highest BCUT2D eigenvalue weighted by molar-refractivity contribution is 5.58. The molecule has 0 bridgehead atoms. The second-order valence-electron chi connectivity index (χ2n) is 3.01. The van der Waals surface area contributed by atoms with E-state index in [4.69, 9.17) is 0 Å². The lowest BCUT2D eigenvalue weighted by Gasteiger charge is -2.11. The van der Waals surface area contributed by atoms with E-state index in [1.165, 1.54) is 16.1 Å². The molecule has 1 N–H and O–H groups in total. The van der Waals surface area contributed by atoms with Gasteiger partial charge in [0.15, 0.2) is 0 Å². The van der Waals surface area contributed by atoms with Crippen molar-refractivity contribution in [1.29, 1.82) is 0 Å². The molecular formula is C13H17N. The zero-order chi connectivity index (χ0) is 10.6. The first-order valence-corrected chi connectivity index (χ1v) is 5.01. The zero-order valence-corrected chi connectivity index (χ0v) is 9.09. The molecule has 1 aromatic rings. The van der Waals surface area contributed by atoms with Crippen LogP contribution in [0.3, 0.4) is 0 Å². The van der Waals surface area contributed by atoms with Crippen molar-refractivity contribution in [1.82, 2.24) is 5.32 Å². The predicted octanol–water partition coefficient (Wildman–Crippen LogP) is 1.74. The number of hydrogen-bond donors (Lipinski definition) is 1. The molecular weight excluding hydrogens is 170 g/mol. The van der Waals surface area contributed by atoms with Gasteiger partial charge >= 0.3 is 0 Å². The molecule has 1 heteroatoms. The van der Waals surface area contributed by atoms with Gasteiger partial charge in [-0.1, -0.05) is 44.7 Å². The van der Waals surface area contributed by atoms with Gasteiger partial charge in [-0.05, 0) is 18.2 Å². The molecule has 1 aliphatic rings. The first-order valence-electron chi connectivity index (χ1n) is 5.01. The van der Waals surface area contributed by atoms with Gasteiger partial charge in [0, 0.05) is 16.6 Å². The molecule has 0 amide bonds. The predicted molar refractivity (Wildman–Crippen MR) is 62.9 cm³/mol. The number of hydrogen-bond acceptors (Lipinski definition) is 1. The Labute approximate surface area is 85.5 Å². The second-order valence-corrected chi connectivity index (χ2v) is 3.01. The molecule has 0 aromatic heterocycles. The van der Waals surface area contributed by atoms with E-state index in [9.17, 15) is 0 Å². The minimum Gasteiger partial charge on any atom is -0.359 e. The Kier molecular flexibility index (Phi) is 3.52. The van der Waals surface area contributed by atoms with E-state index in [0.717, 1.165) is 5.70 Å². The van der Waals surface area contributed by atoms with Gasteiger partial charge in [0.2, 0.25) is 0 Å². The molecule has 14 heavy (non-hydrogen) atoms. The summed E-state index contributed by atoms with van der Waals surface area (Å²) in [5.74, 6) is 0. The summed E-state index contributed by atoms with van der Waals surface area (Å²) in [7, 11) is 0. The van der Waals surface area contributed by atoms with Crippen molar-refractivity contribution in [3.8, 4) is 0 Å². The van der Waals surface area contributed by atoms with Gasteiger partial charge in [-0.3, -0.25) is 0 Å². The highest BCUT2D eigenvalue weighted by atomic mass is 14.9. The number of benzene rings is 1. The van der Waals surface area contributed by atoms with Gasteiger partial charge < -0.3 is 5.32 Å². The maximum absolute atomic E-state index is 3.88. The van der Waals surface area contributed by atoms with E-state index >= 15 is 0 Å². The number of nitrogens with one attached hydrogen (secondary N) is 1. The molecule has 0 saturated heterocycles. The van der Waals surface area contributed by atoms with Crippen molar-refractivity contribution >= 4 is 11.8 Å². The van der Waals surface area contributed by atoms with Gasteiger partial charge in [-0.25, -0.2) is 0 Å². The molecule has 0 spiro atoms. The van der Waals surface area contributed by atoms with Crippen LogP contribution in [0.1, 0.15) is 20.8 Å². The molecule has 74 valence electrons. The van der Waals surface area contributed by atoms with E-state index in [1.807, 2.05) is 26.0 Å². The molecule has 1 aliphatic heterocycles. The summed E-state index contributed by atoms with van der Waals surface area (Å²) in [6.07, 6.45) is 2.06. The third-order valence-electron chi connectivity index (χ3n) is 2.04. The lowest BCUT2D eigenvalue weighted by molar-refractivity contribution is 1.11. The van der Waals surface area contributed by atoms with Crippen molar-refractivity contribution in [3.05, 3.63) is 47.0 Å².